The molecule has 2 heteroatoms. The summed E-state index contributed by atoms with van der Waals surface area (Å²) in [6.45, 7) is 3.51. The van der Waals surface area contributed by atoms with Crippen LogP contribution in [-0.2, 0) is 0 Å². The molecule has 2 nitrogen and oxygen atoms in total. The number of hydrogen-bond donors (Lipinski definition) is 0. The molecular formula is C13H25NO. The number of hydrogen-bond acceptors (Lipinski definition) is 1. The summed E-state index contributed by atoms with van der Waals surface area (Å²) in [6.07, 6.45) is 14.0. The highest BCUT2D eigenvalue weighted by Crippen LogP contribution is 2.17. The molecule has 0 radical (unpaired) electrons. The maximum atomic E-state index is 11.2. The first-order chi connectivity index (χ1) is 7.30. The van der Waals surface area contributed by atoms with Crippen LogP contribution in [0.25, 0.3) is 0 Å². The average Bonchev–Trinajstić information content (AvgIpc) is 2.18. The Labute approximate surface area is 94.0 Å². The van der Waals surface area contributed by atoms with Gasteiger partial charge in [0.15, 0.2) is 6.04 Å². The van der Waals surface area contributed by atoms with Gasteiger partial charge < -0.3 is 5.21 Å². The number of rotatable bonds is 1. The molecule has 0 bridgehead atoms. The van der Waals surface area contributed by atoms with E-state index in [0.717, 1.165) is 17.6 Å². The van der Waals surface area contributed by atoms with Gasteiger partial charge in [-0.2, -0.15) is 0 Å². The molecule has 1 rings (SSSR count). The highest BCUT2D eigenvalue weighted by molar-refractivity contribution is 5.14. The predicted octanol–water partition coefficient (Wildman–Crippen LogP) is 3.87. The first kappa shape index (κ1) is 12.5. The van der Waals surface area contributed by atoms with Crippen molar-refractivity contribution in [3.63, 3.8) is 0 Å². The lowest BCUT2D eigenvalue weighted by molar-refractivity contribution is -0.495. The Balaban J connectivity index is 2.28. The van der Waals surface area contributed by atoms with Crippen molar-refractivity contribution in [2.24, 2.45) is 0 Å². The van der Waals surface area contributed by atoms with Crippen molar-refractivity contribution in [1.29, 1.82) is 0 Å². The van der Waals surface area contributed by atoms with Gasteiger partial charge >= 0.3 is 0 Å². The quantitative estimate of drug-likeness (QED) is 0.280. The van der Waals surface area contributed by atoms with E-state index < -0.39 is 0 Å². The zero-order chi connectivity index (χ0) is 10.9. The topological polar surface area (TPSA) is 26.1 Å². The summed E-state index contributed by atoms with van der Waals surface area (Å²) in [4.78, 5) is 0. The van der Waals surface area contributed by atoms with Gasteiger partial charge in [0, 0.05) is 12.8 Å². The Morgan fingerprint density at radius 1 is 0.733 bits per heavy atom. The maximum Gasteiger partial charge on any atom is 0.162 e. The van der Waals surface area contributed by atoms with E-state index in [1.54, 1.807) is 0 Å². The van der Waals surface area contributed by atoms with Gasteiger partial charge in [0.25, 0.3) is 0 Å². The lowest BCUT2D eigenvalue weighted by Crippen LogP contribution is -2.20. The Morgan fingerprint density at radius 3 is 1.40 bits per heavy atom. The summed E-state index contributed by atoms with van der Waals surface area (Å²) in [5, 5.41) is 11.2. The predicted molar refractivity (Wildman–Crippen MR) is 65.3 cm³/mol. The molecule has 0 saturated heterocycles. The highest BCUT2D eigenvalue weighted by atomic mass is 16.5. The van der Waals surface area contributed by atoms with Crippen LogP contribution < -0.4 is 0 Å². The van der Waals surface area contributed by atoms with Gasteiger partial charge in [-0.1, -0.05) is 44.9 Å². The lowest BCUT2D eigenvalue weighted by Gasteiger charge is -2.16. The second-order valence-corrected chi connectivity index (χ2v) is 4.83. The van der Waals surface area contributed by atoms with Gasteiger partial charge in [-0.25, -0.2) is 4.74 Å². The van der Waals surface area contributed by atoms with Crippen LogP contribution in [0, 0.1) is 5.21 Å². The summed E-state index contributed by atoms with van der Waals surface area (Å²) < 4.78 is 0.936. The first-order valence-electron chi connectivity index (χ1n) is 6.57. The Morgan fingerprint density at radius 2 is 1.07 bits per heavy atom. The molecule has 1 aliphatic rings. The van der Waals surface area contributed by atoms with E-state index >= 15 is 0 Å². The summed E-state index contributed by atoms with van der Waals surface area (Å²) in [5.41, 5.74) is 0. The van der Waals surface area contributed by atoms with Gasteiger partial charge in [0.1, 0.15) is 6.72 Å². The van der Waals surface area contributed by atoms with Crippen molar-refractivity contribution >= 4 is 6.72 Å². The molecule has 0 aromatic rings. The van der Waals surface area contributed by atoms with Crippen LogP contribution in [0.15, 0.2) is 0 Å². The number of hydroxylamine groups is 1. The zero-order valence-corrected chi connectivity index (χ0v) is 9.92. The third-order valence-corrected chi connectivity index (χ3v) is 3.48. The molecule has 0 aromatic carbocycles. The van der Waals surface area contributed by atoms with E-state index in [2.05, 4.69) is 6.72 Å². The standard InChI is InChI=1S/C13H25NO/c1-14(15)13-11-9-7-5-3-2-4-6-8-10-12-13/h13H,1-12H2. The Hall–Kier alpha value is -0.530. The molecular weight excluding hydrogens is 186 g/mol. The molecule has 0 heterocycles. The lowest BCUT2D eigenvalue weighted by atomic mass is 9.98. The molecule has 1 saturated carbocycles. The molecule has 0 N–H and O–H groups in total. The summed E-state index contributed by atoms with van der Waals surface area (Å²) in [7, 11) is 0. The van der Waals surface area contributed by atoms with Crippen LogP contribution in [0.5, 0.6) is 0 Å². The van der Waals surface area contributed by atoms with Crippen molar-refractivity contribution < 1.29 is 4.74 Å². The minimum absolute atomic E-state index is 0.185. The molecule has 0 unspecified atom stereocenters. The van der Waals surface area contributed by atoms with E-state index in [4.69, 9.17) is 0 Å². The minimum Gasteiger partial charge on any atom is -0.624 e. The van der Waals surface area contributed by atoms with E-state index in [-0.39, 0.29) is 6.04 Å². The van der Waals surface area contributed by atoms with E-state index in [0.29, 0.717) is 0 Å². The van der Waals surface area contributed by atoms with E-state index in [1.165, 1.54) is 57.8 Å². The van der Waals surface area contributed by atoms with Gasteiger partial charge in [-0.15, -0.1) is 0 Å². The van der Waals surface area contributed by atoms with Crippen LogP contribution in [-0.4, -0.2) is 17.5 Å². The van der Waals surface area contributed by atoms with Crippen molar-refractivity contribution in [2.75, 3.05) is 0 Å². The molecule has 1 aliphatic carbocycles. The Bertz CT molecular complexity index is 167. The second kappa shape index (κ2) is 7.72. The minimum atomic E-state index is 0.185. The third-order valence-electron chi connectivity index (χ3n) is 3.48. The smallest absolute Gasteiger partial charge is 0.162 e. The van der Waals surface area contributed by atoms with Crippen LogP contribution in [0.3, 0.4) is 0 Å². The maximum absolute atomic E-state index is 11.2. The van der Waals surface area contributed by atoms with Crippen LogP contribution in [0.1, 0.15) is 70.6 Å². The van der Waals surface area contributed by atoms with E-state index in [9.17, 15) is 5.21 Å². The highest BCUT2D eigenvalue weighted by Gasteiger charge is 2.13. The fourth-order valence-electron chi connectivity index (χ4n) is 2.43. The molecule has 0 atom stereocenters. The van der Waals surface area contributed by atoms with E-state index in [1.807, 2.05) is 0 Å². The van der Waals surface area contributed by atoms with Crippen molar-refractivity contribution in [2.45, 2.75) is 76.7 Å². The third kappa shape index (κ3) is 5.81. The number of nitrogens with zero attached hydrogens (tertiary/aromatic N) is 1. The van der Waals surface area contributed by atoms with Gasteiger partial charge in [0.05, 0.1) is 0 Å². The largest absolute Gasteiger partial charge is 0.624 e. The zero-order valence-electron chi connectivity index (χ0n) is 9.92. The van der Waals surface area contributed by atoms with Crippen LogP contribution in [0.4, 0.5) is 0 Å². The Kier molecular flexibility index (Phi) is 6.45. The molecule has 15 heavy (non-hydrogen) atoms. The van der Waals surface area contributed by atoms with Crippen molar-refractivity contribution in [3.05, 3.63) is 5.21 Å². The summed E-state index contributed by atoms with van der Waals surface area (Å²) >= 11 is 0. The molecule has 1 fully saturated rings. The van der Waals surface area contributed by atoms with Crippen molar-refractivity contribution in [1.82, 2.24) is 0 Å². The van der Waals surface area contributed by atoms with Crippen molar-refractivity contribution in [3.8, 4) is 0 Å². The van der Waals surface area contributed by atoms with Gasteiger partial charge in [-0.05, 0) is 12.8 Å². The van der Waals surface area contributed by atoms with Crippen LogP contribution >= 0.6 is 0 Å². The monoisotopic (exact) mass is 211 g/mol. The summed E-state index contributed by atoms with van der Waals surface area (Å²) in [5.74, 6) is 0. The fraction of sp³-hybridized carbons (Fsp3) is 0.923. The molecule has 0 spiro atoms. The first-order valence-corrected chi connectivity index (χ1v) is 6.57. The van der Waals surface area contributed by atoms with Gasteiger partial charge in [0.2, 0.25) is 0 Å². The molecule has 88 valence electrons. The molecule has 0 aliphatic heterocycles. The average molecular weight is 211 g/mol. The molecule has 0 aromatic heterocycles. The van der Waals surface area contributed by atoms with Crippen LogP contribution in [0.2, 0.25) is 0 Å². The SMILES string of the molecule is C=[N+]([O-])C1CCCCCCCCCCC1. The fourth-order valence-corrected chi connectivity index (χ4v) is 2.43. The normalized spacial score (nSPS) is 22.7. The molecule has 0 amide bonds. The second-order valence-electron chi connectivity index (χ2n) is 4.83. The van der Waals surface area contributed by atoms with Gasteiger partial charge in [-0.3, -0.25) is 0 Å². The summed E-state index contributed by atoms with van der Waals surface area (Å²) in [6, 6.07) is 0.185.